The summed E-state index contributed by atoms with van der Waals surface area (Å²) in [5.41, 5.74) is 2.28. The van der Waals surface area contributed by atoms with Crippen LogP contribution < -0.4 is 0 Å². The van der Waals surface area contributed by atoms with Crippen LogP contribution in [0.4, 0.5) is 0 Å². The summed E-state index contributed by atoms with van der Waals surface area (Å²) < 4.78 is 27.2. The maximum atomic E-state index is 12.9. The molecule has 1 aliphatic rings. The van der Waals surface area contributed by atoms with E-state index >= 15 is 0 Å². The van der Waals surface area contributed by atoms with Crippen LogP contribution in [0.1, 0.15) is 23.2 Å². The Kier molecular flexibility index (Phi) is 4.05. The molecule has 2 heterocycles. The van der Waals surface area contributed by atoms with Gasteiger partial charge in [0.05, 0.1) is 10.5 Å². The Morgan fingerprint density at radius 3 is 2.50 bits per heavy atom. The molecule has 134 valence electrons. The van der Waals surface area contributed by atoms with Gasteiger partial charge in [0, 0.05) is 24.8 Å². The van der Waals surface area contributed by atoms with Gasteiger partial charge < -0.3 is 10.1 Å². The number of nitrogens with one attached hydrogen (secondary N) is 1. The number of rotatable bonds is 4. The van der Waals surface area contributed by atoms with E-state index in [4.69, 9.17) is 0 Å². The third kappa shape index (κ3) is 2.89. The van der Waals surface area contributed by atoms with Crippen molar-refractivity contribution in [1.82, 2.24) is 9.29 Å². The van der Waals surface area contributed by atoms with E-state index in [1.807, 2.05) is 30.5 Å². The van der Waals surface area contributed by atoms with Crippen molar-refractivity contribution in [3.8, 4) is 11.1 Å². The highest BCUT2D eigenvalue weighted by Gasteiger charge is 2.28. The zero-order chi connectivity index (χ0) is 18.3. The largest absolute Gasteiger partial charge is 0.478 e. The Morgan fingerprint density at radius 1 is 1.00 bits per heavy atom. The first-order chi connectivity index (χ1) is 12.4. The van der Waals surface area contributed by atoms with Crippen molar-refractivity contribution in [3.63, 3.8) is 0 Å². The summed E-state index contributed by atoms with van der Waals surface area (Å²) in [6.07, 6.45) is 3.48. The van der Waals surface area contributed by atoms with Crippen LogP contribution in [0.25, 0.3) is 22.0 Å². The van der Waals surface area contributed by atoms with Crippen LogP contribution >= 0.6 is 0 Å². The average Bonchev–Trinajstić information content (AvgIpc) is 3.32. The molecule has 6 nitrogen and oxygen atoms in total. The van der Waals surface area contributed by atoms with E-state index in [2.05, 4.69) is 4.98 Å². The van der Waals surface area contributed by atoms with Crippen molar-refractivity contribution < 1.29 is 18.3 Å². The summed E-state index contributed by atoms with van der Waals surface area (Å²) in [7, 11) is -3.69. The van der Waals surface area contributed by atoms with Gasteiger partial charge in [0.15, 0.2) is 0 Å². The molecule has 3 aromatic rings. The molecule has 0 saturated carbocycles. The predicted molar refractivity (Wildman–Crippen MR) is 98.7 cm³/mol. The van der Waals surface area contributed by atoms with E-state index in [1.54, 1.807) is 6.07 Å². The smallest absolute Gasteiger partial charge is 0.335 e. The predicted octanol–water partition coefficient (Wildman–Crippen LogP) is 3.32. The van der Waals surface area contributed by atoms with Crippen molar-refractivity contribution in [2.24, 2.45) is 0 Å². The Balaban J connectivity index is 1.86. The SMILES string of the molecule is O=C(O)c1cc(-c2ccc3[nH]ccc3c2)cc(S(=O)(=O)N2CCCC2)c1. The molecule has 0 spiro atoms. The zero-order valence-electron chi connectivity index (χ0n) is 14.0. The lowest BCUT2D eigenvalue weighted by atomic mass is 10.0. The number of carboxylic acids is 1. The number of nitrogens with zero attached hydrogens (tertiary/aromatic N) is 1. The minimum absolute atomic E-state index is 0.0310. The number of carbonyl (C=O) groups is 1. The minimum atomic E-state index is -3.69. The normalized spacial score (nSPS) is 15.5. The molecular weight excluding hydrogens is 352 g/mol. The van der Waals surface area contributed by atoms with Crippen LogP contribution in [-0.2, 0) is 10.0 Å². The van der Waals surface area contributed by atoms with Crippen LogP contribution in [0.5, 0.6) is 0 Å². The average molecular weight is 370 g/mol. The number of aromatic amines is 1. The number of sulfonamides is 1. The number of hydrogen-bond donors (Lipinski definition) is 2. The zero-order valence-corrected chi connectivity index (χ0v) is 14.8. The summed E-state index contributed by atoms with van der Waals surface area (Å²) in [5, 5.41) is 10.4. The van der Waals surface area contributed by atoms with Crippen molar-refractivity contribution in [3.05, 3.63) is 54.2 Å². The highest BCUT2D eigenvalue weighted by molar-refractivity contribution is 7.89. The van der Waals surface area contributed by atoms with Crippen molar-refractivity contribution >= 4 is 26.9 Å². The molecule has 2 N–H and O–H groups in total. The maximum Gasteiger partial charge on any atom is 0.335 e. The number of carboxylic acid groups (broad SMARTS) is 1. The molecule has 1 aromatic heterocycles. The van der Waals surface area contributed by atoms with E-state index in [0.29, 0.717) is 18.7 Å². The van der Waals surface area contributed by atoms with Gasteiger partial charge in [0.1, 0.15) is 0 Å². The Morgan fingerprint density at radius 2 is 1.77 bits per heavy atom. The molecule has 0 radical (unpaired) electrons. The van der Waals surface area contributed by atoms with Gasteiger partial charge in [-0.15, -0.1) is 0 Å². The Bertz CT molecular complexity index is 1100. The number of aromatic carboxylic acids is 1. The van der Waals surface area contributed by atoms with Gasteiger partial charge in [-0.2, -0.15) is 4.31 Å². The van der Waals surface area contributed by atoms with Crippen LogP contribution in [0.15, 0.2) is 53.6 Å². The fourth-order valence-electron chi connectivity index (χ4n) is 3.35. The van der Waals surface area contributed by atoms with E-state index in [9.17, 15) is 18.3 Å². The highest BCUT2D eigenvalue weighted by atomic mass is 32.2. The van der Waals surface area contributed by atoms with E-state index < -0.39 is 16.0 Å². The van der Waals surface area contributed by atoms with Crippen molar-refractivity contribution in [2.75, 3.05) is 13.1 Å². The van der Waals surface area contributed by atoms with E-state index in [-0.39, 0.29) is 10.5 Å². The molecule has 0 amide bonds. The quantitative estimate of drug-likeness (QED) is 0.737. The molecule has 0 aliphatic carbocycles. The molecule has 2 aromatic carbocycles. The second-order valence-corrected chi connectivity index (χ2v) is 8.38. The fraction of sp³-hybridized carbons (Fsp3) is 0.211. The highest BCUT2D eigenvalue weighted by Crippen LogP contribution is 2.29. The summed E-state index contributed by atoms with van der Waals surface area (Å²) in [4.78, 5) is 14.7. The number of fused-ring (bicyclic) bond motifs is 1. The van der Waals surface area contributed by atoms with Crippen LogP contribution in [0.2, 0.25) is 0 Å². The summed E-state index contributed by atoms with van der Waals surface area (Å²) in [5.74, 6) is -1.15. The molecule has 0 unspecified atom stereocenters. The maximum absolute atomic E-state index is 12.9. The van der Waals surface area contributed by atoms with Gasteiger partial charge >= 0.3 is 5.97 Å². The van der Waals surface area contributed by atoms with Crippen molar-refractivity contribution in [1.29, 1.82) is 0 Å². The molecular formula is C19H18N2O4S. The van der Waals surface area contributed by atoms with Crippen LogP contribution in [0.3, 0.4) is 0 Å². The molecule has 1 aliphatic heterocycles. The third-order valence-electron chi connectivity index (χ3n) is 4.74. The minimum Gasteiger partial charge on any atom is -0.478 e. The first kappa shape index (κ1) is 16.8. The first-order valence-electron chi connectivity index (χ1n) is 8.41. The first-order valence-corrected chi connectivity index (χ1v) is 9.85. The van der Waals surface area contributed by atoms with Gasteiger partial charge in [-0.25, -0.2) is 13.2 Å². The van der Waals surface area contributed by atoms with Gasteiger partial charge in [-0.3, -0.25) is 0 Å². The lowest BCUT2D eigenvalue weighted by molar-refractivity contribution is 0.0696. The topological polar surface area (TPSA) is 90.5 Å². The lowest BCUT2D eigenvalue weighted by Gasteiger charge is -2.17. The van der Waals surface area contributed by atoms with Gasteiger partial charge in [-0.05, 0) is 65.8 Å². The molecule has 1 fully saturated rings. The molecule has 0 atom stereocenters. The molecule has 1 saturated heterocycles. The standard InChI is InChI=1S/C19H18N2O4S/c22-19(23)16-10-15(13-3-4-18-14(9-13)5-6-20-18)11-17(12-16)26(24,25)21-7-1-2-8-21/h3-6,9-12,20H,1-2,7-8H2,(H,22,23). The lowest BCUT2D eigenvalue weighted by Crippen LogP contribution is -2.28. The van der Waals surface area contributed by atoms with E-state index in [0.717, 1.165) is 29.3 Å². The van der Waals surface area contributed by atoms with Gasteiger partial charge in [0.2, 0.25) is 10.0 Å². The van der Waals surface area contributed by atoms with E-state index in [1.165, 1.54) is 16.4 Å². The fourth-order valence-corrected chi connectivity index (χ4v) is 4.94. The van der Waals surface area contributed by atoms with Gasteiger partial charge in [0.25, 0.3) is 0 Å². The van der Waals surface area contributed by atoms with Crippen LogP contribution in [0, 0.1) is 0 Å². The number of aromatic nitrogens is 1. The Hall–Kier alpha value is -2.64. The van der Waals surface area contributed by atoms with Crippen LogP contribution in [-0.4, -0.2) is 41.9 Å². The third-order valence-corrected chi connectivity index (χ3v) is 6.62. The Labute approximate surface area is 151 Å². The number of H-pyrrole nitrogens is 1. The monoisotopic (exact) mass is 370 g/mol. The second kappa shape index (κ2) is 6.26. The second-order valence-electron chi connectivity index (χ2n) is 6.44. The molecule has 26 heavy (non-hydrogen) atoms. The number of hydrogen-bond acceptors (Lipinski definition) is 3. The molecule has 0 bridgehead atoms. The summed E-state index contributed by atoms with van der Waals surface area (Å²) in [6.45, 7) is 0.953. The summed E-state index contributed by atoms with van der Waals surface area (Å²) in [6, 6.07) is 11.9. The number of benzene rings is 2. The summed E-state index contributed by atoms with van der Waals surface area (Å²) >= 11 is 0. The van der Waals surface area contributed by atoms with Gasteiger partial charge in [-0.1, -0.05) is 6.07 Å². The molecule has 4 rings (SSSR count). The molecule has 7 heteroatoms. The van der Waals surface area contributed by atoms with Crippen molar-refractivity contribution in [2.45, 2.75) is 17.7 Å².